The van der Waals surface area contributed by atoms with E-state index in [4.69, 9.17) is 4.74 Å². The van der Waals surface area contributed by atoms with Crippen LogP contribution in [-0.4, -0.2) is 12.1 Å². The average molecular weight is 325 g/mol. The van der Waals surface area contributed by atoms with Crippen LogP contribution < -0.4 is 0 Å². The molecule has 1 aromatic rings. The van der Waals surface area contributed by atoms with Gasteiger partial charge >= 0.3 is 5.97 Å². The zero-order chi connectivity index (χ0) is 16.0. The second kappa shape index (κ2) is 12.7. The molecular weight excluding hydrogens is 292 g/mol. The Balaban J connectivity index is 2.16. The van der Waals surface area contributed by atoms with Crippen LogP contribution in [0.3, 0.4) is 0 Å². The van der Waals surface area contributed by atoms with Crippen molar-refractivity contribution < 1.29 is 9.53 Å². The van der Waals surface area contributed by atoms with Crippen LogP contribution in [0, 0.1) is 0 Å². The lowest BCUT2D eigenvalue weighted by atomic mass is 10.0. The van der Waals surface area contributed by atoms with Crippen molar-refractivity contribution in [3.8, 4) is 0 Å². The Morgan fingerprint density at radius 2 is 1.77 bits per heavy atom. The van der Waals surface area contributed by atoms with Gasteiger partial charge < -0.3 is 4.74 Å². The Morgan fingerprint density at radius 1 is 1.05 bits per heavy atom. The highest BCUT2D eigenvalue weighted by molar-refractivity contribution is 7.10. The zero-order valence-corrected chi connectivity index (χ0v) is 15.1. The Morgan fingerprint density at radius 3 is 2.41 bits per heavy atom. The van der Waals surface area contributed by atoms with Gasteiger partial charge in [-0.05, 0) is 30.7 Å². The van der Waals surface area contributed by atoms with E-state index in [0.717, 1.165) is 24.1 Å². The first-order chi connectivity index (χ1) is 10.8. The lowest BCUT2D eigenvalue weighted by Crippen LogP contribution is -2.19. The molecule has 0 fully saturated rings. The maximum absolute atomic E-state index is 12.0. The summed E-state index contributed by atoms with van der Waals surface area (Å²) in [5.41, 5.74) is 0. The summed E-state index contributed by atoms with van der Waals surface area (Å²) in [6.07, 6.45) is 12.8. The first kappa shape index (κ1) is 19.2. The van der Waals surface area contributed by atoms with Crippen LogP contribution in [-0.2, 0) is 16.0 Å². The molecule has 22 heavy (non-hydrogen) atoms. The third-order valence-corrected chi connectivity index (χ3v) is 4.81. The van der Waals surface area contributed by atoms with Crippen molar-refractivity contribution in [3.05, 3.63) is 22.4 Å². The number of thiophene rings is 1. The molecule has 1 heterocycles. The predicted octanol–water partition coefficient (Wildman–Crippen LogP) is 6.14. The van der Waals surface area contributed by atoms with E-state index in [1.165, 1.54) is 44.9 Å². The summed E-state index contributed by atoms with van der Waals surface area (Å²) in [4.78, 5) is 13.1. The van der Waals surface area contributed by atoms with Gasteiger partial charge in [-0.15, -0.1) is 11.3 Å². The molecular formula is C19H32O2S. The third-order valence-electron chi connectivity index (χ3n) is 3.94. The quantitative estimate of drug-likeness (QED) is 0.321. The molecule has 1 atom stereocenters. The molecule has 0 bridgehead atoms. The van der Waals surface area contributed by atoms with Crippen LogP contribution in [0.2, 0.25) is 0 Å². The highest BCUT2D eigenvalue weighted by atomic mass is 32.1. The maximum Gasteiger partial charge on any atom is 0.311 e. The van der Waals surface area contributed by atoms with Gasteiger partial charge in [0.25, 0.3) is 0 Å². The fourth-order valence-corrected chi connectivity index (χ4v) is 3.39. The Hall–Kier alpha value is -0.830. The van der Waals surface area contributed by atoms with Gasteiger partial charge in [-0.1, -0.05) is 64.9 Å². The normalized spacial score (nSPS) is 12.3. The molecule has 0 aromatic carbocycles. The summed E-state index contributed by atoms with van der Waals surface area (Å²) in [6, 6.07) is 3.98. The largest absolute Gasteiger partial charge is 0.462 e. The Kier molecular flexibility index (Phi) is 11.1. The molecule has 0 N–H and O–H groups in total. The highest BCUT2D eigenvalue weighted by Crippen LogP contribution is 2.16. The predicted molar refractivity (Wildman–Crippen MR) is 95.4 cm³/mol. The molecule has 1 aromatic heterocycles. The van der Waals surface area contributed by atoms with E-state index in [2.05, 4.69) is 13.8 Å². The van der Waals surface area contributed by atoms with E-state index < -0.39 is 0 Å². The van der Waals surface area contributed by atoms with Gasteiger partial charge in [0, 0.05) is 4.88 Å². The molecule has 0 saturated heterocycles. The van der Waals surface area contributed by atoms with Crippen molar-refractivity contribution in [1.82, 2.24) is 0 Å². The zero-order valence-electron chi connectivity index (χ0n) is 14.3. The van der Waals surface area contributed by atoms with E-state index in [1.807, 2.05) is 17.5 Å². The van der Waals surface area contributed by atoms with Crippen LogP contribution in [0.15, 0.2) is 17.5 Å². The van der Waals surface area contributed by atoms with Crippen LogP contribution >= 0.6 is 11.3 Å². The van der Waals surface area contributed by atoms with Crippen molar-refractivity contribution in [2.75, 3.05) is 0 Å². The lowest BCUT2D eigenvalue weighted by Gasteiger charge is -2.17. The summed E-state index contributed by atoms with van der Waals surface area (Å²) in [5.74, 6) is -0.0659. The van der Waals surface area contributed by atoms with Crippen LogP contribution in [0.4, 0.5) is 0 Å². The summed E-state index contributed by atoms with van der Waals surface area (Å²) < 4.78 is 5.68. The number of ether oxygens (including phenoxy) is 1. The van der Waals surface area contributed by atoms with E-state index in [9.17, 15) is 4.79 Å². The van der Waals surface area contributed by atoms with E-state index >= 15 is 0 Å². The minimum Gasteiger partial charge on any atom is -0.462 e. The number of carbonyl (C=O) groups excluding carboxylic acids is 1. The smallest absolute Gasteiger partial charge is 0.311 e. The first-order valence-electron chi connectivity index (χ1n) is 8.98. The van der Waals surface area contributed by atoms with Crippen LogP contribution in [0.25, 0.3) is 0 Å². The molecule has 1 rings (SSSR count). The Bertz CT molecular complexity index is 373. The highest BCUT2D eigenvalue weighted by Gasteiger charge is 2.14. The van der Waals surface area contributed by atoms with Gasteiger partial charge in [-0.25, -0.2) is 0 Å². The molecule has 126 valence electrons. The summed E-state index contributed by atoms with van der Waals surface area (Å²) >= 11 is 1.62. The standard InChI is InChI=1S/C19H32O2S/c1-3-5-6-7-8-9-10-13-17(12-4-2)21-19(20)16-18-14-11-15-22-18/h11,14-15,17H,3-10,12-13,16H2,1-2H3. The van der Waals surface area contributed by atoms with Gasteiger partial charge in [0.1, 0.15) is 6.10 Å². The second-order valence-electron chi connectivity index (χ2n) is 6.07. The van der Waals surface area contributed by atoms with Gasteiger partial charge in [0.15, 0.2) is 0 Å². The SMILES string of the molecule is CCCCCCCCCC(CCC)OC(=O)Cc1cccs1. The number of esters is 1. The van der Waals surface area contributed by atoms with Gasteiger partial charge in [-0.2, -0.15) is 0 Å². The van der Waals surface area contributed by atoms with Crippen molar-refractivity contribution in [2.45, 2.75) is 90.6 Å². The summed E-state index contributed by atoms with van der Waals surface area (Å²) in [5, 5.41) is 2.00. The maximum atomic E-state index is 12.0. The van der Waals surface area contributed by atoms with E-state index in [0.29, 0.717) is 6.42 Å². The summed E-state index contributed by atoms with van der Waals surface area (Å²) in [6.45, 7) is 4.41. The van der Waals surface area contributed by atoms with Crippen molar-refractivity contribution in [3.63, 3.8) is 0 Å². The molecule has 2 nitrogen and oxygen atoms in total. The fourth-order valence-electron chi connectivity index (χ4n) is 2.70. The molecule has 3 heteroatoms. The molecule has 0 radical (unpaired) electrons. The number of carbonyl (C=O) groups is 1. The van der Waals surface area contributed by atoms with E-state index in [-0.39, 0.29) is 12.1 Å². The second-order valence-corrected chi connectivity index (χ2v) is 7.10. The molecule has 0 aliphatic rings. The molecule has 1 unspecified atom stereocenters. The van der Waals surface area contributed by atoms with Gasteiger partial charge in [0.05, 0.1) is 6.42 Å². The topological polar surface area (TPSA) is 26.3 Å². The Labute approximate surface area is 140 Å². The molecule has 0 saturated carbocycles. The molecule has 0 aliphatic heterocycles. The molecule has 0 spiro atoms. The average Bonchev–Trinajstić information content (AvgIpc) is 2.99. The lowest BCUT2D eigenvalue weighted by molar-refractivity contribution is -0.148. The minimum absolute atomic E-state index is 0.0659. The van der Waals surface area contributed by atoms with Gasteiger partial charge in [0.2, 0.25) is 0 Å². The first-order valence-corrected chi connectivity index (χ1v) is 9.86. The molecule has 0 amide bonds. The number of unbranched alkanes of at least 4 members (excludes halogenated alkanes) is 6. The van der Waals surface area contributed by atoms with Crippen LogP contribution in [0.1, 0.15) is 82.9 Å². The van der Waals surface area contributed by atoms with Gasteiger partial charge in [-0.3, -0.25) is 4.79 Å². The minimum atomic E-state index is -0.0659. The van der Waals surface area contributed by atoms with Crippen LogP contribution in [0.5, 0.6) is 0 Å². The summed E-state index contributed by atoms with van der Waals surface area (Å²) in [7, 11) is 0. The van der Waals surface area contributed by atoms with E-state index in [1.54, 1.807) is 11.3 Å². The third kappa shape index (κ3) is 9.24. The van der Waals surface area contributed by atoms with Crippen molar-refractivity contribution in [2.24, 2.45) is 0 Å². The monoisotopic (exact) mass is 324 g/mol. The number of hydrogen-bond donors (Lipinski definition) is 0. The number of hydrogen-bond acceptors (Lipinski definition) is 3. The molecule has 0 aliphatic carbocycles. The fraction of sp³-hybridized carbons (Fsp3) is 0.737. The van der Waals surface area contributed by atoms with Crippen molar-refractivity contribution >= 4 is 17.3 Å². The number of rotatable bonds is 13. The van der Waals surface area contributed by atoms with Crippen molar-refractivity contribution in [1.29, 1.82) is 0 Å².